The van der Waals surface area contributed by atoms with Crippen molar-refractivity contribution in [3.63, 3.8) is 0 Å². The molecule has 2 aliphatic rings. The number of carbonyl (C=O) groups excluding carboxylic acids is 2. The third-order valence-corrected chi connectivity index (χ3v) is 5.35. The fourth-order valence-corrected chi connectivity index (χ4v) is 3.85. The molecule has 0 spiro atoms. The Kier molecular flexibility index (Phi) is 5.44. The van der Waals surface area contributed by atoms with E-state index in [-0.39, 0.29) is 23.7 Å². The molecular weight excluding hydrogens is 330 g/mol. The summed E-state index contributed by atoms with van der Waals surface area (Å²) in [6, 6.07) is 0. The zero-order chi connectivity index (χ0) is 18.8. The summed E-state index contributed by atoms with van der Waals surface area (Å²) in [4.78, 5) is 37.5. The number of anilines is 1. The van der Waals surface area contributed by atoms with Crippen LogP contribution >= 0.6 is 0 Å². The first-order valence-corrected chi connectivity index (χ1v) is 9.52. The monoisotopic (exact) mass is 359 g/mol. The lowest BCUT2D eigenvalue weighted by Crippen LogP contribution is -2.40. The van der Waals surface area contributed by atoms with Crippen molar-refractivity contribution in [2.24, 2.45) is 5.92 Å². The van der Waals surface area contributed by atoms with Gasteiger partial charge in [0, 0.05) is 57.4 Å². The lowest BCUT2D eigenvalue weighted by Gasteiger charge is -2.33. The number of hydrogen-bond donors (Lipinski definition) is 1. The zero-order valence-electron chi connectivity index (χ0n) is 16.2. The quantitative estimate of drug-likeness (QED) is 0.890. The topological polar surface area (TPSA) is 78.4 Å². The number of nitrogens with zero attached hydrogens (tertiary/aromatic N) is 4. The number of likely N-dealkylation sites (tertiary alicyclic amines) is 1. The van der Waals surface area contributed by atoms with Crippen LogP contribution in [0.4, 0.5) is 5.82 Å². The number of hydrogen-bond acceptors (Lipinski definition) is 5. The van der Waals surface area contributed by atoms with Crippen LogP contribution < -0.4 is 5.32 Å². The molecule has 2 aliphatic heterocycles. The SMILES string of the molecule is CNc1nc([C@@H]2CCCN(C(C)=O)C2)nc2c1CN(C(=O)C(C)C)CC2. The molecule has 3 heterocycles. The summed E-state index contributed by atoms with van der Waals surface area (Å²) in [5, 5.41) is 3.19. The highest BCUT2D eigenvalue weighted by atomic mass is 16.2. The van der Waals surface area contributed by atoms with Gasteiger partial charge in [-0.25, -0.2) is 9.97 Å². The molecule has 1 N–H and O–H groups in total. The molecule has 0 aliphatic carbocycles. The third kappa shape index (κ3) is 3.66. The average molecular weight is 359 g/mol. The van der Waals surface area contributed by atoms with Crippen molar-refractivity contribution >= 4 is 17.6 Å². The van der Waals surface area contributed by atoms with E-state index in [0.717, 1.165) is 48.7 Å². The second kappa shape index (κ2) is 7.60. The summed E-state index contributed by atoms with van der Waals surface area (Å²) < 4.78 is 0. The summed E-state index contributed by atoms with van der Waals surface area (Å²) in [6.45, 7) is 8.26. The van der Waals surface area contributed by atoms with Crippen LogP contribution in [0.1, 0.15) is 56.6 Å². The van der Waals surface area contributed by atoms with Gasteiger partial charge < -0.3 is 15.1 Å². The van der Waals surface area contributed by atoms with Crippen LogP contribution in [-0.4, -0.2) is 58.3 Å². The molecule has 3 rings (SSSR count). The Balaban J connectivity index is 1.86. The number of aromatic nitrogens is 2. The third-order valence-electron chi connectivity index (χ3n) is 5.35. The Morgan fingerprint density at radius 3 is 2.62 bits per heavy atom. The standard InChI is InChI=1S/C19H29N5O2/c1-12(2)19(26)24-9-7-16-15(11-24)18(20-4)22-17(21-16)14-6-5-8-23(10-14)13(3)25/h12,14H,5-11H2,1-4H3,(H,20,21,22)/t14-/m1/s1. The van der Waals surface area contributed by atoms with Crippen LogP contribution in [-0.2, 0) is 22.6 Å². The highest BCUT2D eigenvalue weighted by Crippen LogP contribution is 2.30. The number of amides is 2. The maximum Gasteiger partial charge on any atom is 0.225 e. The van der Waals surface area contributed by atoms with Crippen molar-refractivity contribution in [3.05, 3.63) is 17.1 Å². The van der Waals surface area contributed by atoms with Gasteiger partial charge in [-0.2, -0.15) is 0 Å². The van der Waals surface area contributed by atoms with Gasteiger partial charge in [0.1, 0.15) is 11.6 Å². The molecular formula is C19H29N5O2. The van der Waals surface area contributed by atoms with Crippen LogP contribution in [0.15, 0.2) is 0 Å². The molecule has 1 aromatic heterocycles. The maximum atomic E-state index is 12.3. The number of piperidine rings is 1. The fraction of sp³-hybridized carbons (Fsp3) is 0.684. The summed E-state index contributed by atoms with van der Waals surface area (Å²) in [5.41, 5.74) is 2.06. The molecule has 7 nitrogen and oxygen atoms in total. The van der Waals surface area contributed by atoms with Crippen LogP contribution in [0.2, 0.25) is 0 Å². The molecule has 0 saturated carbocycles. The Labute approximate surface area is 155 Å². The first-order valence-electron chi connectivity index (χ1n) is 9.52. The van der Waals surface area contributed by atoms with E-state index in [1.165, 1.54) is 0 Å². The van der Waals surface area contributed by atoms with Gasteiger partial charge in [-0.15, -0.1) is 0 Å². The second-order valence-electron chi connectivity index (χ2n) is 7.57. The Bertz CT molecular complexity index is 686. The van der Waals surface area contributed by atoms with Crippen LogP contribution in [0.3, 0.4) is 0 Å². The van der Waals surface area contributed by atoms with E-state index in [1.54, 1.807) is 6.92 Å². The minimum Gasteiger partial charge on any atom is -0.373 e. The van der Waals surface area contributed by atoms with E-state index in [2.05, 4.69) is 5.32 Å². The first kappa shape index (κ1) is 18.6. The lowest BCUT2D eigenvalue weighted by atomic mass is 9.96. The number of carbonyl (C=O) groups is 2. The van der Waals surface area contributed by atoms with E-state index in [1.807, 2.05) is 30.7 Å². The predicted molar refractivity (Wildman–Crippen MR) is 99.8 cm³/mol. The Hall–Kier alpha value is -2.18. The van der Waals surface area contributed by atoms with Crippen LogP contribution in [0.5, 0.6) is 0 Å². The first-order chi connectivity index (χ1) is 12.4. The summed E-state index contributed by atoms with van der Waals surface area (Å²) >= 11 is 0. The van der Waals surface area contributed by atoms with E-state index in [0.29, 0.717) is 19.6 Å². The van der Waals surface area contributed by atoms with E-state index in [9.17, 15) is 9.59 Å². The minimum atomic E-state index is -0.00502. The van der Waals surface area contributed by atoms with Gasteiger partial charge in [0.2, 0.25) is 11.8 Å². The molecule has 0 radical (unpaired) electrons. The largest absolute Gasteiger partial charge is 0.373 e. The molecule has 0 bridgehead atoms. The van der Waals surface area contributed by atoms with Crippen LogP contribution in [0.25, 0.3) is 0 Å². The highest BCUT2D eigenvalue weighted by Gasteiger charge is 2.30. The van der Waals surface area contributed by atoms with Crippen molar-refractivity contribution in [1.29, 1.82) is 0 Å². The van der Waals surface area contributed by atoms with Crippen molar-refractivity contribution in [1.82, 2.24) is 19.8 Å². The van der Waals surface area contributed by atoms with E-state index < -0.39 is 0 Å². The van der Waals surface area contributed by atoms with Gasteiger partial charge >= 0.3 is 0 Å². The maximum absolute atomic E-state index is 12.3. The van der Waals surface area contributed by atoms with Gasteiger partial charge in [0.05, 0.1) is 12.2 Å². The van der Waals surface area contributed by atoms with E-state index in [4.69, 9.17) is 9.97 Å². The Morgan fingerprint density at radius 2 is 1.96 bits per heavy atom. The molecule has 2 amide bonds. The average Bonchev–Trinajstić information content (AvgIpc) is 2.66. The molecule has 1 aromatic rings. The highest BCUT2D eigenvalue weighted by molar-refractivity contribution is 5.78. The fourth-order valence-electron chi connectivity index (χ4n) is 3.85. The lowest BCUT2D eigenvalue weighted by molar-refractivity contribution is -0.135. The molecule has 1 atom stereocenters. The van der Waals surface area contributed by atoms with Gasteiger partial charge in [-0.1, -0.05) is 13.8 Å². The molecule has 0 unspecified atom stereocenters. The van der Waals surface area contributed by atoms with Gasteiger partial charge in [-0.3, -0.25) is 9.59 Å². The summed E-state index contributed by atoms with van der Waals surface area (Å²) in [5.74, 6) is 2.10. The van der Waals surface area contributed by atoms with Crippen LogP contribution in [0, 0.1) is 5.92 Å². The van der Waals surface area contributed by atoms with Crippen molar-refractivity contribution in [2.45, 2.75) is 52.5 Å². The minimum absolute atomic E-state index is 0.00502. The normalized spacial score (nSPS) is 20.1. The van der Waals surface area contributed by atoms with Crippen molar-refractivity contribution < 1.29 is 9.59 Å². The van der Waals surface area contributed by atoms with Gasteiger partial charge in [-0.05, 0) is 12.8 Å². The molecule has 1 saturated heterocycles. The molecule has 1 fully saturated rings. The molecule has 7 heteroatoms. The van der Waals surface area contributed by atoms with Gasteiger partial charge in [0.25, 0.3) is 0 Å². The number of rotatable bonds is 3. The molecule has 26 heavy (non-hydrogen) atoms. The predicted octanol–water partition coefficient (Wildman–Crippen LogP) is 1.78. The van der Waals surface area contributed by atoms with Crippen molar-refractivity contribution in [3.8, 4) is 0 Å². The second-order valence-corrected chi connectivity index (χ2v) is 7.57. The van der Waals surface area contributed by atoms with E-state index >= 15 is 0 Å². The molecule has 0 aromatic carbocycles. The summed E-state index contributed by atoms with van der Waals surface area (Å²) in [7, 11) is 1.86. The molecule has 142 valence electrons. The number of fused-ring (bicyclic) bond motifs is 1. The zero-order valence-corrected chi connectivity index (χ0v) is 16.2. The smallest absolute Gasteiger partial charge is 0.225 e. The van der Waals surface area contributed by atoms with Crippen molar-refractivity contribution in [2.75, 3.05) is 32.0 Å². The Morgan fingerprint density at radius 1 is 1.19 bits per heavy atom. The number of nitrogens with one attached hydrogen (secondary N) is 1. The summed E-state index contributed by atoms with van der Waals surface area (Å²) in [6.07, 6.45) is 2.74. The van der Waals surface area contributed by atoms with Gasteiger partial charge in [0.15, 0.2) is 0 Å².